The Hall–Kier alpha value is -2.14. The van der Waals surface area contributed by atoms with Gasteiger partial charge in [0.15, 0.2) is 0 Å². The van der Waals surface area contributed by atoms with Crippen LogP contribution in [0.5, 0.6) is 5.75 Å². The molecule has 1 aliphatic carbocycles. The van der Waals surface area contributed by atoms with E-state index in [2.05, 4.69) is 25.9 Å². The fourth-order valence-electron chi connectivity index (χ4n) is 3.43. The number of ether oxygens (including phenoxy) is 1. The number of aromatic nitrogens is 4. The maximum atomic E-state index is 6.13. The molecule has 0 radical (unpaired) electrons. The van der Waals surface area contributed by atoms with Crippen LogP contribution in [0.25, 0.3) is 22.2 Å². The van der Waals surface area contributed by atoms with Crippen molar-refractivity contribution in [2.24, 2.45) is 0 Å². The molecular formula is C18H19ClN4O. The normalized spacial score (nSPS) is 15.8. The summed E-state index contributed by atoms with van der Waals surface area (Å²) in [5.74, 6) is 0.751. The van der Waals surface area contributed by atoms with Crippen LogP contribution in [0.4, 0.5) is 0 Å². The second-order valence-electron chi connectivity index (χ2n) is 6.23. The summed E-state index contributed by atoms with van der Waals surface area (Å²) in [6, 6.07) is 6.25. The lowest BCUT2D eigenvalue weighted by Crippen LogP contribution is -2.12. The topological polar surface area (TPSA) is 52.8 Å². The average molecular weight is 343 g/mol. The molecule has 1 saturated carbocycles. The van der Waals surface area contributed by atoms with E-state index in [-0.39, 0.29) is 5.28 Å². The molecule has 2 aromatic heterocycles. The van der Waals surface area contributed by atoms with Gasteiger partial charge in [0.2, 0.25) is 5.28 Å². The lowest BCUT2D eigenvalue weighted by molar-refractivity contribution is 0.329. The highest BCUT2D eigenvalue weighted by atomic mass is 35.5. The zero-order valence-corrected chi connectivity index (χ0v) is 14.3. The van der Waals surface area contributed by atoms with Crippen LogP contribution in [0, 0.1) is 0 Å². The first-order valence-electron chi connectivity index (χ1n) is 8.30. The number of hydrogen-bond acceptors (Lipinski definition) is 4. The molecule has 0 spiro atoms. The molecule has 1 aliphatic rings. The van der Waals surface area contributed by atoms with Gasteiger partial charge in [-0.15, -0.1) is 0 Å². The Labute approximate surface area is 145 Å². The number of benzene rings is 1. The van der Waals surface area contributed by atoms with E-state index in [1.54, 1.807) is 7.11 Å². The van der Waals surface area contributed by atoms with Crippen molar-refractivity contribution in [2.45, 2.75) is 38.1 Å². The third-order valence-corrected chi connectivity index (χ3v) is 4.87. The first kappa shape index (κ1) is 15.4. The number of halogens is 1. The van der Waals surface area contributed by atoms with Crippen molar-refractivity contribution < 1.29 is 4.74 Å². The van der Waals surface area contributed by atoms with Gasteiger partial charge in [-0.3, -0.25) is 4.68 Å². The summed E-state index contributed by atoms with van der Waals surface area (Å²) in [7, 11) is 1.64. The monoisotopic (exact) mass is 342 g/mol. The van der Waals surface area contributed by atoms with E-state index in [0.717, 1.165) is 27.9 Å². The Morgan fingerprint density at radius 1 is 1.17 bits per heavy atom. The second-order valence-corrected chi connectivity index (χ2v) is 6.56. The van der Waals surface area contributed by atoms with Gasteiger partial charge >= 0.3 is 0 Å². The van der Waals surface area contributed by atoms with Crippen molar-refractivity contribution in [1.29, 1.82) is 0 Å². The average Bonchev–Trinajstić information content (AvgIpc) is 3.11. The molecule has 2 heterocycles. The molecule has 124 valence electrons. The number of rotatable bonds is 3. The maximum Gasteiger partial charge on any atom is 0.223 e. The van der Waals surface area contributed by atoms with E-state index in [0.29, 0.717) is 6.04 Å². The highest BCUT2D eigenvalue weighted by molar-refractivity contribution is 6.28. The van der Waals surface area contributed by atoms with Crippen molar-refractivity contribution in [3.8, 4) is 17.0 Å². The number of fused-ring (bicyclic) bond motifs is 1. The second kappa shape index (κ2) is 6.40. The summed E-state index contributed by atoms with van der Waals surface area (Å²) < 4.78 is 7.35. The summed E-state index contributed by atoms with van der Waals surface area (Å²) in [5, 5.41) is 5.76. The van der Waals surface area contributed by atoms with Crippen LogP contribution < -0.4 is 4.74 Å². The van der Waals surface area contributed by atoms with Crippen molar-refractivity contribution in [3.63, 3.8) is 0 Å². The Bertz CT molecular complexity index is 871. The van der Waals surface area contributed by atoms with Gasteiger partial charge in [-0.25, -0.2) is 9.97 Å². The van der Waals surface area contributed by atoms with Crippen molar-refractivity contribution in [3.05, 3.63) is 35.9 Å². The first-order valence-corrected chi connectivity index (χ1v) is 8.68. The highest BCUT2D eigenvalue weighted by Gasteiger charge is 2.18. The van der Waals surface area contributed by atoms with E-state index in [9.17, 15) is 0 Å². The molecule has 6 heteroatoms. The number of hydrogen-bond donors (Lipinski definition) is 0. The third kappa shape index (κ3) is 2.84. The van der Waals surface area contributed by atoms with Crippen molar-refractivity contribution in [1.82, 2.24) is 19.7 Å². The minimum atomic E-state index is 0.233. The summed E-state index contributed by atoms with van der Waals surface area (Å²) in [6.07, 6.45) is 10.2. The van der Waals surface area contributed by atoms with Gasteiger partial charge in [0.1, 0.15) is 5.75 Å². The first-order chi connectivity index (χ1) is 11.7. The summed E-state index contributed by atoms with van der Waals surface area (Å²) in [5.41, 5.74) is 2.56. The molecule has 1 fully saturated rings. The van der Waals surface area contributed by atoms with Gasteiger partial charge in [0, 0.05) is 23.2 Å². The van der Waals surface area contributed by atoms with Crippen LogP contribution >= 0.6 is 11.6 Å². The molecular weight excluding hydrogens is 324 g/mol. The molecule has 24 heavy (non-hydrogen) atoms. The van der Waals surface area contributed by atoms with E-state index in [4.69, 9.17) is 16.3 Å². The van der Waals surface area contributed by atoms with Gasteiger partial charge in [-0.05, 0) is 36.6 Å². The largest absolute Gasteiger partial charge is 0.497 e. The fourth-order valence-corrected chi connectivity index (χ4v) is 3.61. The summed E-state index contributed by atoms with van der Waals surface area (Å²) in [6.45, 7) is 0. The molecule has 0 amide bonds. The van der Waals surface area contributed by atoms with Gasteiger partial charge < -0.3 is 4.74 Å². The zero-order valence-electron chi connectivity index (χ0n) is 13.6. The van der Waals surface area contributed by atoms with Crippen LogP contribution in [0.3, 0.4) is 0 Å². The Balaban J connectivity index is 1.77. The van der Waals surface area contributed by atoms with Gasteiger partial charge in [0.25, 0.3) is 0 Å². The molecule has 3 aromatic rings. The number of methoxy groups -OCH3 is 1. The van der Waals surface area contributed by atoms with E-state index in [1.807, 2.05) is 24.4 Å². The van der Waals surface area contributed by atoms with Crippen LogP contribution in [0.2, 0.25) is 5.28 Å². The molecule has 0 N–H and O–H groups in total. The Morgan fingerprint density at radius 3 is 2.79 bits per heavy atom. The van der Waals surface area contributed by atoms with Gasteiger partial charge in [0.05, 0.1) is 30.6 Å². The number of nitrogens with zero attached hydrogens (tertiary/aromatic N) is 4. The predicted octanol–water partition coefficient (Wildman–Crippen LogP) is 4.66. The van der Waals surface area contributed by atoms with Crippen molar-refractivity contribution >= 4 is 22.5 Å². The predicted molar refractivity (Wildman–Crippen MR) is 94.4 cm³/mol. The van der Waals surface area contributed by atoms with Crippen LogP contribution in [0.15, 0.2) is 30.6 Å². The highest BCUT2D eigenvalue weighted by Crippen LogP contribution is 2.32. The molecule has 5 nitrogen and oxygen atoms in total. The zero-order chi connectivity index (χ0) is 16.5. The molecule has 1 aromatic carbocycles. The minimum Gasteiger partial charge on any atom is -0.497 e. The lowest BCUT2D eigenvalue weighted by Gasteiger charge is -2.21. The SMILES string of the molecule is COc1ccc2c(-c3cnn(C4CCCCC4)c3)nc(Cl)nc2c1. The molecule has 0 aliphatic heterocycles. The maximum absolute atomic E-state index is 6.13. The molecule has 0 atom stereocenters. The van der Waals surface area contributed by atoms with Crippen LogP contribution in [-0.4, -0.2) is 26.9 Å². The van der Waals surface area contributed by atoms with Gasteiger partial charge in [-0.2, -0.15) is 5.10 Å². The fraction of sp³-hybridized carbons (Fsp3) is 0.389. The Morgan fingerprint density at radius 2 is 2.00 bits per heavy atom. The van der Waals surface area contributed by atoms with E-state index >= 15 is 0 Å². The van der Waals surface area contributed by atoms with Crippen molar-refractivity contribution in [2.75, 3.05) is 7.11 Å². The van der Waals surface area contributed by atoms with Gasteiger partial charge in [-0.1, -0.05) is 19.3 Å². The molecule has 0 saturated heterocycles. The molecule has 0 bridgehead atoms. The molecule has 0 unspecified atom stereocenters. The summed E-state index contributed by atoms with van der Waals surface area (Å²) >= 11 is 6.13. The van der Waals surface area contributed by atoms with E-state index in [1.165, 1.54) is 32.1 Å². The summed E-state index contributed by atoms with van der Waals surface area (Å²) in [4.78, 5) is 8.76. The molecule has 4 rings (SSSR count). The Kier molecular flexibility index (Phi) is 4.10. The van der Waals surface area contributed by atoms with Crippen LogP contribution in [0.1, 0.15) is 38.1 Å². The standard InChI is InChI=1S/C18H19ClN4O/c1-24-14-7-8-15-16(9-14)21-18(19)22-17(15)12-10-20-23(11-12)13-5-3-2-4-6-13/h7-11,13H,2-6H2,1H3. The third-order valence-electron chi connectivity index (χ3n) is 4.70. The minimum absolute atomic E-state index is 0.233. The van der Waals surface area contributed by atoms with E-state index < -0.39 is 0 Å². The smallest absolute Gasteiger partial charge is 0.223 e. The quantitative estimate of drug-likeness (QED) is 0.649. The van der Waals surface area contributed by atoms with Crippen LogP contribution in [-0.2, 0) is 0 Å². The lowest BCUT2D eigenvalue weighted by atomic mass is 9.96.